The van der Waals surface area contributed by atoms with Crippen LogP contribution >= 0.6 is 11.6 Å². The SMILES string of the molecule is Cc1cccc(C(=O)OCC(=O)Nc2ccc(Cl)cc2[N+](=O)[O-])c1. The number of carbonyl (C=O) groups is 2. The van der Waals surface area contributed by atoms with Crippen LogP contribution in [0.2, 0.25) is 5.02 Å². The standard InChI is InChI=1S/C16H13ClN2O5/c1-10-3-2-4-11(7-10)16(21)24-9-15(20)18-13-6-5-12(17)8-14(13)19(22)23/h2-8H,9H2,1H3,(H,18,20). The Labute approximate surface area is 142 Å². The summed E-state index contributed by atoms with van der Waals surface area (Å²) >= 11 is 5.69. The Morgan fingerprint density at radius 1 is 1.25 bits per heavy atom. The maximum Gasteiger partial charge on any atom is 0.338 e. The molecule has 0 heterocycles. The molecule has 124 valence electrons. The van der Waals surface area contributed by atoms with E-state index in [-0.39, 0.29) is 16.4 Å². The largest absolute Gasteiger partial charge is 0.452 e. The van der Waals surface area contributed by atoms with E-state index in [1.807, 2.05) is 13.0 Å². The maximum absolute atomic E-state index is 11.8. The molecule has 0 atom stereocenters. The fourth-order valence-electron chi connectivity index (χ4n) is 1.93. The Morgan fingerprint density at radius 3 is 2.67 bits per heavy atom. The zero-order valence-corrected chi connectivity index (χ0v) is 13.4. The second-order valence-electron chi connectivity index (χ2n) is 4.91. The van der Waals surface area contributed by atoms with Crippen molar-refractivity contribution >= 4 is 34.9 Å². The molecule has 2 aromatic rings. The summed E-state index contributed by atoms with van der Waals surface area (Å²) in [6.07, 6.45) is 0. The number of aryl methyl sites for hydroxylation is 1. The fraction of sp³-hybridized carbons (Fsp3) is 0.125. The second-order valence-corrected chi connectivity index (χ2v) is 5.35. The molecular weight excluding hydrogens is 336 g/mol. The van der Waals surface area contributed by atoms with Gasteiger partial charge in [0.25, 0.3) is 11.6 Å². The summed E-state index contributed by atoms with van der Waals surface area (Å²) in [6.45, 7) is 1.26. The molecule has 0 unspecified atom stereocenters. The Balaban J connectivity index is 1.99. The van der Waals surface area contributed by atoms with E-state index < -0.39 is 23.4 Å². The summed E-state index contributed by atoms with van der Waals surface area (Å²) in [5, 5.41) is 13.4. The Bertz CT molecular complexity index is 807. The zero-order chi connectivity index (χ0) is 17.7. The highest BCUT2D eigenvalue weighted by molar-refractivity contribution is 6.31. The lowest BCUT2D eigenvalue weighted by atomic mass is 10.1. The molecule has 0 aromatic heterocycles. The molecule has 0 aliphatic rings. The number of nitrogens with one attached hydrogen (secondary N) is 1. The van der Waals surface area contributed by atoms with E-state index in [9.17, 15) is 19.7 Å². The normalized spacial score (nSPS) is 10.1. The van der Waals surface area contributed by atoms with Crippen LogP contribution in [0.3, 0.4) is 0 Å². The highest BCUT2D eigenvalue weighted by atomic mass is 35.5. The quantitative estimate of drug-likeness (QED) is 0.507. The highest BCUT2D eigenvalue weighted by Crippen LogP contribution is 2.27. The molecule has 8 heteroatoms. The van der Waals surface area contributed by atoms with E-state index in [1.165, 1.54) is 12.1 Å². The van der Waals surface area contributed by atoms with E-state index in [4.69, 9.17) is 16.3 Å². The number of nitro benzene ring substituents is 1. The van der Waals surface area contributed by atoms with Crippen LogP contribution in [0.1, 0.15) is 15.9 Å². The van der Waals surface area contributed by atoms with Crippen LogP contribution in [-0.4, -0.2) is 23.4 Å². The van der Waals surface area contributed by atoms with Gasteiger partial charge in [0.1, 0.15) is 5.69 Å². The number of halogens is 1. The lowest BCUT2D eigenvalue weighted by Gasteiger charge is -2.07. The summed E-state index contributed by atoms with van der Waals surface area (Å²) in [6, 6.07) is 10.5. The van der Waals surface area contributed by atoms with Gasteiger partial charge in [0.15, 0.2) is 6.61 Å². The second kappa shape index (κ2) is 7.56. The van der Waals surface area contributed by atoms with Crippen LogP contribution in [0, 0.1) is 17.0 Å². The van der Waals surface area contributed by atoms with Crippen molar-refractivity contribution in [3.8, 4) is 0 Å². The molecule has 0 radical (unpaired) electrons. The number of nitrogens with zero attached hydrogens (tertiary/aromatic N) is 1. The first-order chi connectivity index (χ1) is 11.4. The van der Waals surface area contributed by atoms with E-state index in [0.29, 0.717) is 5.56 Å². The minimum Gasteiger partial charge on any atom is -0.452 e. The van der Waals surface area contributed by atoms with Crippen LogP contribution < -0.4 is 5.32 Å². The molecule has 1 N–H and O–H groups in total. The summed E-state index contributed by atoms with van der Waals surface area (Å²) in [7, 11) is 0. The molecule has 2 aromatic carbocycles. The predicted octanol–water partition coefficient (Wildman–Crippen LogP) is 3.35. The summed E-state index contributed by atoms with van der Waals surface area (Å²) in [5.41, 5.74) is 0.827. The molecular formula is C16H13ClN2O5. The van der Waals surface area contributed by atoms with Gasteiger partial charge in [-0.3, -0.25) is 14.9 Å². The smallest absolute Gasteiger partial charge is 0.338 e. The topological polar surface area (TPSA) is 98.5 Å². The van der Waals surface area contributed by atoms with E-state index in [1.54, 1.807) is 18.2 Å². The number of carbonyl (C=O) groups excluding carboxylic acids is 2. The van der Waals surface area contributed by atoms with E-state index in [2.05, 4.69) is 5.32 Å². The third-order valence-corrected chi connectivity index (χ3v) is 3.25. The Hall–Kier alpha value is -2.93. The number of nitro groups is 1. The first kappa shape index (κ1) is 17.4. The van der Waals surface area contributed by atoms with Crippen LogP contribution in [0.25, 0.3) is 0 Å². The van der Waals surface area contributed by atoms with Crippen molar-refractivity contribution in [2.75, 3.05) is 11.9 Å². The van der Waals surface area contributed by atoms with Gasteiger partial charge in [-0.1, -0.05) is 29.3 Å². The van der Waals surface area contributed by atoms with Crippen molar-refractivity contribution in [1.82, 2.24) is 0 Å². The van der Waals surface area contributed by atoms with Gasteiger partial charge in [-0.15, -0.1) is 0 Å². The molecule has 0 bridgehead atoms. The monoisotopic (exact) mass is 348 g/mol. The van der Waals surface area contributed by atoms with E-state index in [0.717, 1.165) is 11.6 Å². The van der Waals surface area contributed by atoms with Crippen LogP contribution in [0.4, 0.5) is 11.4 Å². The molecule has 0 aliphatic carbocycles. The number of hydrogen-bond donors (Lipinski definition) is 1. The van der Waals surface area contributed by atoms with E-state index >= 15 is 0 Å². The Kier molecular flexibility index (Phi) is 5.49. The van der Waals surface area contributed by atoms with Crippen molar-refractivity contribution in [2.24, 2.45) is 0 Å². The first-order valence-electron chi connectivity index (χ1n) is 6.84. The first-order valence-corrected chi connectivity index (χ1v) is 7.22. The molecule has 0 spiro atoms. The van der Waals surface area contributed by atoms with Gasteiger partial charge in [0.2, 0.25) is 0 Å². The van der Waals surface area contributed by atoms with Crippen molar-refractivity contribution in [3.63, 3.8) is 0 Å². The zero-order valence-electron chi connectivity index (χ0n) is 12.6. The van der Waals surface area contributed by atoms with Gasteiger partial charge in [0, 0.05) is 11.1 Å². The fourth-order valence-corrected chi connectivity index (χ4v) is 2.10. The van der Waals surface area contributed by atoms with Crippen molar-refractivity contribution in [2.45, 2.75) is 6.92 Å². The lowest BCUT2D eigenvalue weighted by molar-refractivity contribution is -0.383. The summed E-state index contributed by atoms with van der Waals surface area (Å²) in [5.74, 6) is -1.35. The number of rotatable bonds is 5. The number of hydrogen-bond acceptors (Lipinski definition) is 5. The van der Waals surface area contributed by atoms with Gasteiger partial charge in [-0.05, 0) is 31.2 Å². The number of anilines is 1. The molecule has 0 saturated carbocycles. The van der Waals surface area contributed by atoms with Crippen molar-refractivity contribution in [1.29, 1.82) is 0 Å². The summed E-state index contributed by atoms with van der Waals surface area (Å²) in [4.78, 5) is 34.0. The average molecular weight is 349 g/mol. The molecule has 0 fully saturated rings. The molecule has 24 heavy (non-hydrogen) atoms. The van der Waals surface area contributed by atoms with Crippen molar-refractivity contribution in [3.05, 3.63) is 68.7 Å². The van der Waals surface area contributed by atoms with Gasteiger partial charge in [-0.25, -0.2) is 4.79 Å². The molecule has 1 amide bonds. The number of benzene rings is 2. The third-order valence-electron chi connectivity index (χ3n) is 3.02. The van der Waals surface area contributed by atoms with Gasteiger partial charge in [0.05, 0.1) is 10.5 Å². The molecule has 0 aliphatic heterocycles. The third kappa shape index (κ3) is 4.53. The lowest BCUT2D eigenvalue weighted by Crippen LogP contribution is -2.21. The van der Waals surface area contributed by atoms with Gasteiger partial charge >= 0.3 is 5.97 Å². The minimum absolute atomic E-state index is 0.0268. The van der Waals surface area contributed by atoms with Crippen LogP contribution in [0.15, 0.2) is 42.5 Å². The number of amides is 1. The van der Waals surface area contributed by atoms with Gasteiger partial charge in [-0.2, -0.15) is 0 Å². The van der Waals surface area contributed by atoms with Crippen molar-refractivity contribution < 1.29 is 19.2 Å². The molecule has 2 rings (SSSR count). The highest BCUT2D eigenvalue weighted by Gasteiger charge is 2.17. The van der Waals surface area contributed by atoms with Crippen LogP contribution in [0.5, 0.6) is 0 Å². The van der Waals surface area contributed by atoms with Crippen LogP contribution in [-0.2, 0) is 9.53 Å². The molecule has 7 nitrogen and oxygen atoms in total. The van der Waals surface area contributed by atoms with Gasteiger partial charge < -0.3 is 10.1 Å². The summed E-state index contributed by atoms with van der Waals surface area (Å²) < 4.78 is 4.89. The predicted molar refractivity (Wildman–Crippen MR) is 88.2 cm³/mol. The Morgan fingerprint density at radius 2 is 2.00 bits per heavy atom. The average Bonchev–Trinajstić information content (AvgIpc) is 2.54. The number of ether oxygens (including phenoxy) is 1. The molecule has 0 saturated heterocycles. The maximum atomic E-state index is 11.8. The number of esters is 1. The minimum atomic E-state index is -0.693.